The minimum Gasteiger partial charge on any atom is -0.491 e. The van der Waals surface area contributed by atoms with Gasteiger partial charge in [-0.05, 0) is 45.4 Å². The molecule has 1 aromatic carbocycles. The Balaban J connectivity index is 1.77. The number of aliphatic carboxylic acids is 1. The van der Waals surface area contributed by atoms with Crippen LogP contribution in [-0.4, -0.2) is 53.3 Å². The summed E-state index contributed by atoms with van der Waals surface area (Å²) < 4.78 is 5.61. The minimum absolute atomic E-state index is 0.0444. The van der Waals surface area contributed by atoms with Crippen molar-refractivity contribution in [1.29, 1.82) is 0 Å². The number of rotatable bonds is 8. The molecule has 0 heterocycles. The summed E-state index contributed by atoms with van der Waals surface area (Å²) in [7, 11) is 0. The highest BCUT2D eigenvalue weighted by atomic mass is 16.5. The second kappa shape index (κ2) is 8.71. The van der Waals surface area contributed by atoms with Gasteiger partial charge in [0.25, 0.3) is 0 Å². The number of carbonyl (C=O) groups excluding carboxylic acids is 1. The summed E-state index contributed by atoms with van der Waals surface area (Å²) in [5.41, 5.74) is 0.674. The maximum Gasteiger partial charge on any atom is 0.319 e. The molecule has 0 atom stereocenters. The van der Waals surface area contributed by atoms with Crippen LogP contribution >= 0.6 is 0 Å². The maximum atomic E-state index is 12.1. The highest BCUT2D eigenvalue weighted by Gasteiger charge is 2.34. The van der Waals surface area contributed by atoms with Crippen LogP contribution in [-0.2, 0) is 4.79 Å². The number of anilines is 1. The van der Waals surface area contributed by atoms with Crippen molar-refractivity contribution < 1.29 is 19.4 Å². The Morgan fingerprint density at radius 3 is 2.68 bits per heavy atom. The lowest BCUT2D eigenvalue weighted by molar-refractivity contribution is -0.139. The lowest BCUT2D eigenvalue weighted by Crippen LogP contribution is -2.55. The fourth-order valence-electron chi connectivity index (χ4n) is 2.95. The Morgan fingerprint density at radius 1 is 1.36 bits per heavy atom. The predicted molar refractivity (Wildman–Crippen MR) is 96.1 cm³/mol. The summed E-state index contributed by atoms with van der Waals surface area (Å²) in [5.74, 6) is -0.108. The molecule has 7 heteroatoms. The largest absolute Gasteiger partial charge is 0.491 e. The third kappa shape index (κ3) is 5.94. The van der Waals surface area contributed by atoms with Gasteiger partial charge in [0.15, 0.2) is 0 Å². The van der Waals surface area contributed by atoms with Crippen LogP contribution in [0.5, 0.6) is 5.75 Å². The molecule has 0 saturated heterocycles. The van der Waals surface area contributed by atoms with Gasteiger partial charge in [-0.3, -0.25) is 9.69 Å². The van der Waals surface area contributed by atoms with E-state index in [0.29, 0.717) is 18.0 Å². The molecular weight excluding hydrogens is 322 g/mol. The van der Waals surface area contributed by atoms with Crippen molar-refractivity contribution >= 4 is 17.7 Å². The van der Waals surface area contributed by atoms with Crippen LogP contribution in [0.3, 0.4) is 0 Å². The Kier molecular flexibility index (Phi) is 6.64. The van der Waals surface area contributed by atoms with Gasteiger partial charge in [0.1, 0.15) is 5.75 Å². The van der Waals surface area contributed by atoms with Gasteiger partial charge in [-0.25, -0.2) is 4.79 Å². The number of amides is 2. The van der Waals surface area contributed by atoms with E-state index in [1.54, 1.807) is 6.07 Å². The van der Waals surface area contributed by atoms with Crippen LogP contribution < -0.4 is 15.4 Å². The van der Waals surface area contributed by atoms with Crippen molar-refractivity contribution in [3.8, 4) is 5.75 Å². The second-order valence-corrected chi connectivity index (χ2v) is 6.57. The molecule has 0 aliphatic heterocycles. The normalized spacial score (nSPS) is 19.4. The molecule has 3 N–H and O–H groups in total. The van der Waals surface area contributed by atoms with Crippen LogP contribution in [0.25, 0.3) is 0 Å². The molecule has 1 aliphatic rings. The van der Waals surface area contributed by atoms with E-state index in [2.05, 4.69) is 10.6 Å². The molecule has 0 radical (unpaired) electrons. The number of urea groups is 1. The molecule has 25 heavy (non-hydrogen) atoms. The predicted octanol–water partition coefficient (Wildman–Crippen LogP) is 2.53. The van der Waals surface area contributed by atoms with Gasteiger partial charge in [-0.15, -0.1) is 0 Å². The Labute approximate surface area is 148 Å². The average Bonchev–Trinajstić information content (AvgIpc) is 2.48. The van der Waals surface area contributed by atoms with E-state index in [0.717, 1.165) is 12.8 Å². The van der Waals surface area contributed by atoms with Crippen LogP contribution in [0, 0.1) is 0 Å². The molecule has 2 rings (SSSR count). The molecule has 7 nitrogen and oxygen atoms in total. The van der Waals surface area contributed by atoms with E-state index < -0.39 is 5.97 Å². The highest BCUT2D eigenvalue weighted by Crippen LogP contribution is 2.26. The first kappa shape index (κ1) is 19.1. The Morgan fingerprint density at radius 2 is 2.08 bits per heavy atom. The lowest BCUT2D eigenvalue weighted by atomic mass is 9.85. The zero-order valence-electron chi connectivity index (χ0n) is 15.0. The van der Waals surface area contributed by atoms with Crippen molar-refractivity contribution in [1.82, 2.24) is 10.2 Å². The van der Waals surface area contributed by atoms with Crippen molar-refractivity contribution in [2.24, 2.45) is 0 Å². The van der Waals surface area contributed by atoms with E-state index in [9.17, 15) is 9.59 Å². The third-order valence-electron chi connectivity index (χ3n) is 4.17. The van der Waals surface area contributed by atoms with Crippen molar-refractivity contribution in [2.45, 2.75) is 51.8 Å². The molecule has 138 valence electrons. The van der Waals surface area contributed by atoms with E-state index in [1.807, 2.05) is 43.9 Å². The second-order valence-electron chi connectivity index (χ2n) is 6.57. The number of benzene rings is 1. The van der Waals surface area contributed by atoms with Crippen LogP contribution in [0.15, 0.2) is 24.3 Å². The number of carbonyl (C=O) groups is 2. The highest BCUT2D eigenvalue weighted by molar-refractivity contribution is 5.89. The summed E-state index contributed by atoms with van der Waals surface area (Å²) in [6.07, 6.45) is 1.61. The molecule has 1 fully saturated rings. The number of hydrogen-bond donors (Lipinski definition) is 3. The molecular formula is C18H27N3O4. The van der Waals surface area contributed by atoms with Crippen molar-refractivity contribution in [3.63, 3.8) is 0 Å². The number of nitrogens with one attached hydrogen (secondary N) is 2. The van der Waals surface area contributed by atoms with Gasteiger partial charge < -0.3 is 20.5 Å². The summed E-state index contributed by atoms with van der Waals surface area (Å²) in [6, 6.07) is 7.30. The van der Waals surface area contributed by atoms with Crippen molar-refractivity contribution in [2.75, 3.05) is 18.4 Å². The summed E-state index contributed by atoms with van der Waals surface area (Å²) in [5, 5.41) is 14.6. The lowest BCUT2D eigenvalue weighted by Gasteiger charge is -2.42. The number of ether oxygens (including phenoxy) is 1. The van der Waals surface area contributed by atoms with Crippen molar-refractivity contribution in [3.05, 3.63) is 24.3 Å². The quantitative estimate of drug-likeness (QED) is 0.671. The fourth-order valence-corrected chi connectivity index (χ4v) is 2.95. The topological polar surface area (TPSA) is 90.9 Å². The number of carboxylic acid groups (broad SMARTS) is 1. The molecule has 2 amide bonds. The molecule has 1 saturated carbocycles. The first-order chi connectivity index (χ1) is 11.9. The maximum absolute atomic E-state index is 12.1. The number of nitrogens with zero attached hydrogens (tertiary/aromatic N) is 1. The molecule has 0 spiro atoms. The average molecular weight is 349 g/mol. The number of carboxylic acids is 1. The van der Waals surface area contributed by atoms with Gasteiger partial charge >= 0.3 is 12.0 Å². The summed E-state index contributed by atoms with van der Waals surface area (Å²) >= 11 is 0. The van der Waals surface area contributed by atoms with Gasteiger partial charge in [0.2, 0.25) is 0 Å². The molecule has 1 aromatic rings. The van der Waals surface area contributed by atoms with E-state index >= 15 is 0 Å². The van der Waals surface area contributed by atoms with E-state index in [4.69, 9.17) is 9.84 Å². The molecule has 0 aromatic heterocycles. The van der Waals surface area contributed by atoms with Gasteiger partial charge in [-0.2, -0.15) is 0 Å². The van der Waals surface area contributed by atoms with Gasteiger partial charge in [0.05, 0.1) is 12.6 Å². The van der Waals surface area contributed by atoms with E-state index in [1.165, 1.54) is 0 Å². The third-order valence-corrected chi connectivity index (χ3v) is 4.17. The Bertz CT molecular complexity index is 600. The summed E-state index contributed by atoms with van der Waals surface area (Å²) in [6.45, 7) is 6.58. The van der Waals surface area contributed by atoms with E-state index in [-0.39, 0.29) is 30.8 Å². The van der Waals surface area contributed by atoms with Gasteiger partial charge in [0, 0.05) is 23.8 Å². The minimum atomic E-state index is -0.820. The molecule has 1 aliphatic carbocycles. The smallest absolute Gasteiger partial charge is 0.319 e. The monoisotopic (exact) mass is 349 g/mol. The first-order valence-corrected chi connectivity index (χ1v) is 8.67. The summed E-state index contributed by atoms with van der Waals surface area (Å²) in [4.78, 5) is 24.9. The zero-order chi connectivity index (χ0) is 18.4. The fraction of sp³-hybridized carbons (Fsp3) is 0.556. The van der Waals surface area contributed by atoms with Gasteiger partial charge in [-0.1, -0.05) is 13.0 Å². The van der Waals surface area contributed by atoms with Crippen LogP contribution in [0.4, 0.5) is 10.5 Å². The number of hydrogen-bond acceptors (Lipinski definition) is 4. The Hall–Kier alpha value is -2.28. The molecule has 0 unspecified atom stereocenters. The standard InChI is InChI=1S/C18H27N3O4/c1-4-21(11-17(22)23)15-8-14(9-15)20-18(24)19-13-6-5-7-16(10-13)25-12(2)3/h5-7,10,12,14-15H,4,8-9,11H2,1-3H3,(H,22,23)(H2,19,20,24). The zero-order valence-corrected chi connectivity index (χ0v) is 15.0. The van der Waals surface area contributed by atoms with Crippen LogP contribution in [0.1, 0.15) is 33.6 Å². The first-order valence-electron chi connectivity index (χ1n) is 8.67. The van der Waals surface area contributed by atoms with Crippen LogP contribution in [0.2, 0.25) is 0 Å². The SMILES string of the molecule is CCN(CC(=O)O)C1CC(NC(=O)Nc2cccc(OC(C)C)c2)C1. The number of likely N-dealkylation sites (N-methyl/N-ethyl adjacent to an activating group) is 1. The molecule has 0 bridgehead atoms.